The molecule has 8 nitrogen and oxygen atoms in total. The Balaban J connectivity index is 2.52. The summed E-state index contributed by atoms with van der Waals surface area (Å²) in [6.07, 6.45) is -0.856. The van der Waals surface area contributed by atoms with Gasteiger partial charge in [-0.2, -0.15) is 0 Å². The number of amides is 2. The maximum absolute atomic E-state index is 11.5. The van der Waals surface area contributed by atoms with E-state index in [1.54, 1.807) is 0 Å². The number of carboxylic acid groups (broad SMARTS) is 2. The lowest BCUT2D eigenvalue weighted by molar-refractivity contribution is -0.145. The molecule has 4 N–H and O–H groups in total. The van der Waals surface area contributed by atoms with E-state index in [4.69, 9.17) is 10.2 Å². The third-order valence-electron chi connectivity index (χ3n) is 2.43. The summed E-state index contributed by atoms with van der Waals surface area (Å²) in [6, 6.07) is -2.13. The predicted octanol–water partition coefficient (Wildman–Crippen LogP) is -1.31. The van der Waals surface area contributed by atoms with Crippen LogP contribution in [0.25, 0.3) is 0 Å². The molecule has 1 rings (SSSR count). The fourth-order valence-corrected chi connectivity index (χ4v) is 1.54. The van der Waals surface area contributed by atoms with Crippen LogP contribution in [0.4, 0.5) is 4.79 Å². The van der Waals surface area contributed by atoms with Gasteiger partial charge in [0.15, 0.2) is 0 Å². The molecule has 0 radical (unpaired) electrons. The molecule has 1 saturated heterocycles. The minimum Gasteiger partial charge on any atom is -0.481 e. The van der Waals surface area contributed by atoms with Crippen LogP contribution in [0.15, 0.2) is 0 Å². The number of aliphatic carboxylic acids is 2. The molecule has 0 aromatic carbocycles. The molecule has 1 unspecified atom stereocenters. The molecule has 0 spiro atoms. The maximum atomic E-state index is 11.5. The van der Waals surface area contributed by atoms with Gasteiger partial charge in [0.05, 0.1) is 12.5 Å². The topological polar surface area (TPSA) is 127 Å². The zero-order valence-corrected chi connectivity index (χ0v) is 9.00. The lowest BCUT2D eigenvalue weighted by Crippen LogP contribution is -2.48. The Hall–Kier alpha value is -1.83. The summed E-state index contributed by atoms with van der Waals surface area (Å²) in [5.74, 6) is -2.71. The summed E-state index contributed by atoms with van der Waals surface area (Å²) in [7, 11) is 0. The lowest BCUT2D eigenvalue weighted by Gasteiger charge is -2.19. The largest absolute Gasteiger partial charge is 0.481 e. The number of carbonyl (C=O) groups is 3. The third kappa shape index (κ3) is 3.91. The van der Waals surface area contributed by atoms with Crippen LogP contribution in [0.1, 0.15) is 12.8 Å². The van der Waals surface area contributed by atoms with Crippen molar-refractivity contribution in [3.05, 3.63) is 0 Å². The average Bonchev–Trinajstić information content (AvgIpc) is 2.63. The van der Waals surface area contributed by atoms with E-state index in [0.717, 1.165) is 0 Å². The van der Waals surface area contributed by atoms with Crippen molar-refractivity contribution >= 4 is 18.0 Å². The highest BCUT2D eigenvalue weighted by atomic mass is 16.4. The Morgan fingerprint density at radius 1 is 1.35 bits per heavy atom. The van der Waals surface area contributed by atoms with Crippen molar-refractivity contribution in [1.29, 1.82) is 0 Å². The zero-order chi connectivity index (χ0) is 13.0. The Morgan fingerprint density at radius 2 is 2.00 bits per heavy atom. The van der Waals surface area contributed by atoms with Crippen molar-refractivity contribution in [2.24, 2.45) is 0 Å². The quantitative estimate of drug-likeness (QED) is 0.487. The standard InChI is InChI=1S/C9H14N2O6/c12-5-1-2-11(4-5)9(17)10-6(8(15)16)3-7(13)14/h5-6,12H,1-4H2,(H,10,17)(H,13,14)(H,15,16)/t5?,6-/m1/s1. The van der Waals surface area contributed by atoms with Gasteiger partial charge in [0.2, 0.25) is 0 Å². The van der Waals surface area contributed by atoms with Gasteiger partial charge in [-0.25, -0.2) is 9.59 Å². The second kappa shape index (κ2) is 5.48. The molecule has 1 aliphatic heterocycles. The minimum atomic E-state index is -1.46. The summed E-state index contributed by atoms with van der Waals surface area (Å²) >= 11 is 0. The summed E-state index contributed by atoms with van der Waals surface area (Å²) in [5.41, 5.74) is 0. The molecular formula is C9H14N2O6. The molecule has 0 saturated carbocycles. The van der Waals surface area contributed by atoms with Gasteiger partial charge in [0.25, 0.3) is 0 Å². The number of nitrogens with one attached hydrogen (secondary N) is 1. The van der Waals surface area contributed by atoms with Crippen LogP contribution in [0.3, 0.4) is 0 Å². The van der Waals surface area contributed by atoms with Crippen LogP contribution in [0.2, 0.25) is 0 Å². The SMILES string of the molecule is O=C(O)C[C@@H](NC(=O)N1CCC(O)C1)C(=O)O. The number of nitrogens with zero attached hydrogens (tertiary/aromatic N) is 1. The molecule has 1 fully saturated rings. The number of rotatable bonds is 4. The first-order chi connectivity index (χ1) is 7.90. The first kappa shape index (κ1) is 13.2. The number of carbonyl (C=O) groups excluding carboxylic acids is 1. The molecule has 0 aliphatic carbocycles. The smallest absolute Gasteiger partial charge is 0.326 e. The Labute approximate surface area is 96.8 Å². The number of hydrogen-bond donors (Lipinski definition) is 4. The highest BCUT2D eigenvalue weighted by Crippen LogP contribution is 2.09. The van der Waals surface area contributed by atoms with Crippen LogP contribution >= 0.6 is 0 Å². The van der Waals surface area contributed by atoms with Crippen LogP contribution in [0, 0.1) is 0 Å². The maximum Gasteiger partial charge on any atom is 0.326 e. The number of aliphatic hydroxyl groups excluding tert-OH is 1. The van der Waals surface area contributed by atoms with E-state index < -0.39 is 36.5 Å². The van der Waals surface area contributed by atoms with Crippen LogP contribution < -0.4 is 5.32 Å². The van der Waals surface area contributed by atoms with E-state index in [9.17, 15) is 19.5 Å². The van der Waals surface area contributed by atoms with E-state index in [1.807, 2.05) is 0 Å². The first-order valence-electron chi connectivity index (χ1n) is 5.08. The molecule has 2 amide bonds. The second-order valence-corrected chi connectivity index (χ2v) is 3.83. The number of likely N-dealkylation sites (tertiary alicyclic amines) is 1. The predicted molar refractivity (Wildman–Crippen MR) is 54.4 cm³/mol. The highest BCUT2D eigenvalue weighted by Gasteiger charge is 2.29. The molecule has 8 heteroatoms. The first-order valence-corrected chi connectivity index (χ1v) is 5.08. The van der Waals surface area contributed by atoms with Crippen molar-refractivity contribution < 1.29 is 29.7 Å². The second-order valence-electron chi connectivity index (χ2n) is 3.83. The molecule has 17 heavy (non-hydrogen) atoms. The normalized spacial score (nSPS) is 21.0. The van der Waals surface area contributed by atoms with Gasteiger partial charge in [-0.1, -0.05) is 0 Å². The van der Waals surface area contributed by atoms with E-state index in [-0.39, 0.29) is 6.54 Å². The molecule has 96 valence electrons. The molecule has 1 aliphatic rings. The van der Waals surface area contributed by atoms with Gasteiger partial charge in [-0.15, -0.1) is 0 Å². The number of aliphatic hydroxyl groups is 1. The minimum absolute atomic E-state index is 0.130. The molecular weight excluding hydrogens is 232 g/mol. The fourth-order valence-electron chi connectivity index (χ4n) is 1.54. The van der Waals surface area contributed by atoms with Crippen LogP contribution in [-0.4, -0.2) is 63.4 Å². The van der Waals surface area contributed by atoms with E-state index in [0.29, 0.717) is 13.0 Å². The molecule has 2 atom stereocenters. The summed E-state index contributed by atoms with van der Waals surface area (Å²) in [5, 5.41) is 28.5. The summed E-state index contributed by atoms with van der Waals surface area (Å²) in [6.45, 7) is 0.456. The van der Waals surface area contributed by atoms with Crippen molar-refractivity contribution in [1.82, 2.24) is 10.2 Å². The van der Waals surface area contributed by atoms with Crippen molar-refractivity contribution in [3.8, 4) is 0 Å². The molecule has 1 heterocycles. The Kier molecular flexibility index (Phi) is 4.27. The number of carboxylic acids is 2. The summed E-state index contributed by atoms with van der Waals surface area (Å²) in [4.78, 5) is 33.9. The van der Waals surface area contributed by atoms with E-state index >= 15 is 0 Å². The van der Waals surface area contributed by atoms with Crippen molar-refractivity contribution in [2.75, 3.05) is 13.1 Å². The third-order valence-corrected chi connectivity index (χ3v) is 2.43. The zero-order valence-electron chi connectivity index (χ0n) is 9.00. The lowest BCUT2D eigenvalue weighted by atomic mass is 10.2. The highest BCUT2D eigenvalue weighted by molar-refractivity contribution is 5.86. The van der Waals surface area contributed by atoms with Gasteiger partial charge in [0, 0.05) is 13.1 Å². The van der Waals surface area contributed by atoms with Gasteiger partial charge >= 0.3 is 18.0 Å². The number of urea groups is 1. The number of hydrogen-bond acceptors (Lipinski definition) is 4. The summed E-state index contributed by atoms with van der Waals surface area (Å²) < 4.78 is 0. The number of β-amino-alcohol motifs (C(OH)–C–C–N with tert-alkyl or cyclic N) is 1. The van der Waals surface area contributed by atoms with Crippen molar-refractivity contribution in [3.63, 3.8) is 0 Å². The van der Waals surface area contributed by atoms with Gasteiger partial charge in [0.1, 0.15) is 6.04 Å². The molecule has 0 aromatic rings. The average molecular weight is 246 g/mol. The van der Waals surface area contributed by atoms with Crippen LogP contribution in [-0.2, 0) is 9.59 Å². The van der Waals surface area contributed by atoms with Gasteiger partial charge in [-0.05, 0) is 6.42 Å². The fraction of sp³-hybridized carbons (Fsp3) is 0.667. The van der Waals surface area contributed by atoms with Crippen molar-refractivity contribution in [2.45, 2.75) is 25.0 Å². The molecule has 0 aromatic heterocycles. The van der Waals surface area contributed by atoms with Crippen LogP contribution in [0.5, 0.6) is 0 Å². The Morgan fingerprint density at radius 3 is 2.41 bits per heavy atom. The molecule has 0 bridgehead atoms. The van der Waals surface area contributed by atoms with Gasteiger partial charge in [-0.3, -0.25) is 4.79 Å². The van der Waals surface area contributed by atoms with Gasteiger partial charge < -0.3 is 25.5 Å². The van der Waals surface area contributed by atoms with E-state index in [2.05, 4.69) is 5.32 Å². The van der Waals surface area contributed by atoms with E-state index in [1.165, 1.54) is 4.90 Å². The monoisotopic (exact) mass is 246 g/mol. The Bertz CT molecular complexity index is 331.